The Morgan fingerprint density at radius 1 is 1.09 bits per heavy atom. The fourth-order valence-electron chi connectivity index (χ4n) is 7.08. The number of pyridine rings is 1. The minimum atomic E-state index is -0.605. The Kier molecular flexibility index (Phi) is 7.89. The van der Waals surface area contributed by atoms with E-state index in [1.54, 1.807) is 18.3 Å². The lowest BCUT2D eigenvalue weighted by Crippen LogP contribution is -2.57. The highest BCUT2D eigenvalue weighted by Crippen LogP contribution is 2.39. The predicted molar refractivity (Wildman–Crippen MR) is 175 cm³/mol. The number of carbonyl (C=O) groups is 1. The van der Waals surface area contributed by atoms with Crippen LogP contribution in [-0.2, 0) is 4.74 Å². The number of hydrogen-bond donors (Lipinski definition) is 1. The first kappa shape index (κ1) is 30.8. The number of anilines is 1. The van der Waals surface area contributed by atoms with E-state index in [2.05, 4.69) is 14.9 Å². The lowest BCUT2D eigenvalue weighted by atomic mass is 10.0. The molecular weight excluding hydrogens is 611 g/mol. The van der Waals surface area contributed by atoms with E-state index < -0.39 is 17.5 Å². The molecule has 46 heavy (non-hydrogen) atoms. The Labute approximate surface area is 272 Å². The number of likely N-dealkylation sites (tertiary alicyclic amines) is 1. The third-order valence-electron chi connectivity index (χ3n) is 9.31. The number of likely N-dealkylation sites (N-methyl/N-ethyl adjacent to an activating group) is 1. The largest absolute Gasteiger partial charge is 0.462 e. The van der Waals surface area contributed by atoms with Crippen LogP contribution < -0.4 is 9.64 Å². The number of benzene rings is 2. The van der Waals surface area contributed by atoms with Gasteiger partial charge in [-0.1, -0.05) is 41.9 Å². The van der Waals surface area contributed by atoms with E-state index >= 15 is 4.39 Å². The molecule has 0 spiro atoms. The maximum Gasteiger partial charge on any atom is 0.410 e. The molecule has 7 rings (SSSR count). The lowest BCUT2D eigenvalue weighted by molar-refractivity contribution is 0.0122. The Bertz CT molecular complexity index is 1790. The molecule has 0 radical (unpaired) electrons. The van der Waals surface area contributed by atoms with Crippen molar-refractivity contribution in [1.82, 2.24) is 24.8 Å². The van der Waals surface area contributed by atoms with E-state index in [0.29, 0.717) is 46.7 Å². The van der Waals surface area contributed by atoms with Crippen LogP contribution >= 0.6 is 11.6 Å². The number of piperazine rings is 1. The van der Waals surface area contributed by atoms with Crippen molar-refractivity contribution in [3.8, 4) is 17.3 Å². The number of halogens is 2. The molecule has 0 unspecified atom stereocenters. The van der Waals surface area contributed by atoms with Gasteiger partial charge >= 0.3 is 12.1 Å². The van der Waals surface area contributed by atoms with Crippen LogP contribution in [0.25, 0.3) is 32.9 Å². The molecule has 1 amide bonds. The molecule has 12 heteroatoms. The number of aliphatic hydroxyl groups is 1. The van der Waals surface area contributed by atoms with Crippen LogP contribution in [0.5, 0.6) is 6.01 Å². The molecule has 3 fully saturated rings. The number of aliphatic hydroxyl groups excluding tert-OH is 1. The minimum absolute atomic E-state index is 0.0175. The van der Waals surface area contributed by atoms with Gasteiger partial charge in [0.2, 0.25) is 0 Å². The van der Waals surface area contributed by atoms with Gasteiger partial charge in [-0.2, -0.15) is 9.97 Å². The quantitative estimate of drug-likeness (QED) is 0.293. The van der Waals surface area contributed by atoms with Gasteiger partial charge in [0, 0.05) is 41.8 Å². The lowest BCUT2D eigenvalue weighted by Gasteiger charge is -2.42. The van der Waals surface area contributed by atoms with E-state index in [1.165, 1.54) is 0 Å². The van der Waals surface area contributed by atoms with Crippen molar-refractivity contribution in [3.05, 3.63) is 53.4 Å². The van der Waals surface area contributed by atoms with Crippen molar-refractivity contribution in [3.63, 3.8) is 0 Å². The zero-order valence-corrected chi connectivity index (χ0v) is 27.2. The average Bonchev–Trinajstić information content (AvgIpc) is 3.48. The van der Waals surface area contributed by atoms with Crippen molar-refractivity contribution in [2.24, 2.45) is 0 Å². The molecule has 3 aliphatic rings. The van der Waals surface area contributed by atoms with Crippen LogP contribution in [0, 0.1) is 5.82 Å². The van der Waals surface area contributed by atoms with Crippen LogP contribution in [0.2, 0.25) is 5.02 Å². The highest BCUT2D eigenvalue weighted by molar-refractivity contribution is 6.36. The standard InChI is InChI=1S/C34H38ClFN6O4/c1-34(2,3)46-33(44)42-20-11-12-21(42)17-41(16-20)31-23-15-37-29(22-9-5-7-19-8-6-10-24(35)27(19)22)28(36)30(23)38-32(39-31)45-18-25-26(43)13-14-40(25)4/h5-10,15,20-21,25-26,43H,11-14,16-18H2,1-4H3/t20-,21+,25-,26-/m1/s1. The second-order valence-corrected chi connectivity index (χ2v) is 14.0. The molecular formula is C34H38ClFN6O4. The molecule has 0 saturated carbocycles. The van der Waals surface area contributed by atoms with Gasteiger partial charge in [-0.25, -0.2) is 9.18 Å². The molecule has 1 N–H and O–H groups in total. The SMILES string of the molecule is CN1CC[C@@H](O)[C@H]1COc1nc(N2C[C@H]3CC[C@@H](C2)N3C(=O)OC(C)(C)C)c2cnc(-c3cccc4cccc(Cl)c34)c(F)c2n1. The van der Waals surface area contributed by atoms with Gasteiger partial charge in [-0.3, -0.25) is 14.8 Å². The maximum absolute atomic E-state index is 16.7. The normalized spacial score (nSPS) is 23.5. The Morgan fingerprint density at radius 2 is 1.80 bits per heavy atom. The maximum atomic E-state index is 16.7. The van der Waals surface area contributed by atoms with E-state index in [-0.39, 0.29) is 48.0 Å². The molecule has 242 valence electrons. The third-order valence-corrected chi connectivity index (χ3v) is 9.62. The highest BCUT2D eigenvalue weighted by atomic mass is 35.5. The number of carbonyl (C=O) groups excluding carboxylic acids is 1. The summed E-state index contributed by atoms with van der Waals surface area (Å²) in [5.41, 5.74) is 0.169. The number of rotatable bonds is 5. The topological polar surface area (TPSA) is 104 Å². The summed E-state index contributed by atoms with van der Waals surface area (Å²) >= 11 is 6.60. The molecule has 4 atom stereocenters. The Balaban J connectivity index is 1.30. The van der Waals surface area contributed by atoms with Gasteiger partial charge in [0.25, 0.3) is 0 Å². The first-order chi connectivity index (χ1) is 22.0. The highest BCUT2D eigenvalue weighted by Gasteiger charge is 2.45. The number of fused-ring (bicyclic) bond motifs is 4. The number of amides is 1. The fourth-order valence-corrected chi connectivity index (χ4v) is 7.37. The second kappa shape index (κ2) is 11.8. The summed E-state index contributed by atoms with van der Waals surface area (Å²) in [5, 5.41) is 13.0. The van der Waals surface area contributed by atoms with E-state index in [1.807, 2.05) is 61.9 Å². The summed E-state index contributed by atoms with van der Waals surface area (Å²) in [6, 6.07) is 10.8. The molecule has 5 heterocycles. The van der Waals surface area contributed by atoms with Gasteiger partial charge in [0.05, 0.1) is 29.6 Å². The summed E-state index contributed by atoms with van der Waals surface area (Å²) in [6.07, 6.45) is 3.07. The molecule has 2 aromatic carbocycles. The molecule has 0 aliphatic carbocycles. The first-order valence-corrected chi connectivity index (χ1v) is 16.2. The third kappa shape index (κ3) is 5.58. The van der Waals surface area contributed by atoms with Crippen LogP contribution in [0.1, 0.15) is 40.0 Å². The summed E-state index contributed by atoms with van der Waals surface area (Å²) in [6.45, 7) is 7.48. The molecule has 4 aromatic rings. The van der Waals surface area contributed by atoms with Crippen LogP contribution in [0.4, 0.5) is 15.0 Å². The fraction of sp³-hybridized carbons (Fsp3) is 0.471. The zero-order valence-electron chi connectivity index (χ0n) is 26.4. The summed E-state index contributed by atoms with van der Waals surface area (Å²) < 4.78 is 28.5. The second-order valence-electron chi connectivity index (χ2n) is 13.5. The molecule has 2 aromatic heterocycles. The van der Waals surface area contributed by atoms with Gasteiger partial charge in [-0.05, 0) is 58.5 Å². The van der Waals surface area contributed by atoms with Crippen LogP contribution in [-0.4, -0.2) is 99.1 Å². The summed E-state index contributed by atoms with van der Waals surface area (Å²) in [4.78, 5) is 33.1. The Hall–Kier alpha value is -3.80. The van der Waals surface area contributed by atoms with Crippen LogP contribution in [0.3, 0.4) is 0 Å². The van der Waals surface area contributed by atoms with Crippen molar-refractivity contribution >= 4 is 45.2 Å². The Morgan fingerprint density at radius 3 is 2.48 bits per heavy atom. The molecule has 2 bridgehead atoms. The van der Waals surface area contributed by atoms with Crippen molar-refractivity contribution in [2.75, 3.05) is 38.2 Å². The smallest absolute Gasteiger partial charge is 0.410 e. The monoisotopic (exact) mass is 648 g/mol. The predicted octanol–water partition coefficient (Wildman–Crippen LogP) is 5.67. The van der Waals surface area contributed by atoms with E-state index in [0.717, 1.165) is 24.8 Å². The van der Waals surface area contributed by atoms with Crippen LogP contribution in [0.15, 0.2) is 42.6 Å². The van der Waals surface area contributed by atoms with Crippen molar-refractivity contribution < 1.29 is 23.8 Å². The van der Waals surface area contributed by atoms with Gasteiger partial charge < -0.3 is 19.5 Å². The number of nitrogens with zero attached hydrogens (tertiary/aromatic N) is 6. The summed E-state index contributed by atoms with van der Waals surface area (Å²) in [5.74, 6) is -0.109. The van der Waals surface area contributed by atoms with E-state index in [4.69, 9.17) is 26.1 Å². The number of hydrogen-bond acceptors (Lipinski definition) is 9. The van der Waals surface area contributed by atoms with E-state index in [9.17, 15) is 9.90 Å². The van der Waals surface area contributed by atoms with Crippen molar-refractivity contribution in [2.45, 2.75) is 69.9 Å². The first-order valence-electron chi connectivity index (χ1n) is 15.8. The molecule has 3 saturated heterocycles. The molecule has 3 aliphatic heterocycles. The van der Waals surface area contributed by atoms with Gasteiger partial charge in [0.15, 0.2) is 5.82 Å². The number of aromatic nitrogens is 3. The number of ether oxygens (including phenoxy) is 2. The van der Waals surface area contributed by atoms with Crippen molar-refractivity contribution in [1.29, 1.82) is 0 Å². The van der Waals surface area contributed by atoms with Gasteiger partial charge in [0.1, 0.15) is 29.2 Å². The summed E-state index contributed by atoms with van der Waals surface area (Å²) in [7, 11) is 1.93. The molecule has 10 nitrogen and oxygen atoms in total. The van der Waals surface area contributed by atoms with Gasteiger partial charge in [-0.15, -0.1) is 0 Å². The average molecular weight is 649 g/mol. The zero-order chi connectivity index (χ0) is 32.3. The minimum Gasteiger partial charge on any atom is -0.462 e.